The van der Waals surface area contributed by atoms with E-state index in [1.807, 2.05) is 6.07 Å². The van der Waals surface area contributed by atoms with Crippen molar-refractivity contribution in [2.24, 2.45) is 5.73 Å². The van der Waals surface area contributed by atoms with Crippen molar-refractivity contribution >= 4 is 38.2 Å². The molecule has 0 radical (unpaired) electrons. The molecule has 10 heteroatoms. The van der Waals surface area contributed by atoms with E-state index in [-0.39, 0.29) is 20.3 Å². The molecule has 1 aromatic carbocycles. The van der Waals surface area contributed by atoms with E-state index in [0.717, 1.165) is 30.6 Å². The molecule has 0 saturated carbocycles. The van der Waals surface area contributed by atoms with Crippen LogP contribution in [0.4, 0.5) is 5.00 Å². The second kappa shape index (κ2) is 8.10. The van der Waals surface area contributed by atoms with E-state index in [4.69, 9.17) is 11.0 Å². The van der Waals surface area contributed by atoms with Gasteiger partial charge < -0.3 is 11.1 Å². The molecule has 1 saturated heterocycles. The highest BCUT2D eigenvalue weighted by Crippen LogP contribution is 2.34. The smallest absolute Gasteiger partial charge is 0.256 e. The minimum absolute atomic E-state index is 0.0293. The zero-order valence-corrected chi connectivity index (χ0v) is 16.5. The minimum Gasteiger partial charge on any atom is -0.366 e. The molecule has 1 aromatic heterocycles. The Hall–Kier alpha value is -2.74. The lowest BCUT2D eigenvalue weighted by Crippen LogP contribution is -2.35. The van der Waals surface area contributed by atoms with Gasteiger partial charge in [0.1, 0.15) is 9.21 Å². The van der Waals surface area contributed by atoms with Crippen molar-refractivity contribution in [3.05, 3.63) is 47.0 Å². The van der Waals surface area contributed by atoms with Crippen LogP contribution in [0, 0.1) is 11.3 Å². The lowest BCUT2D eigenvalue weighted by Gasteiger charge is -2.25. The zero-order valence-electron chi connectivity index (χ0n) is 14.8. The summed E-state index contributed by atoms with van der Waals surface area (Å²) >= 11 is 0.804. The van der Waals surface area contributed by atoms with E-state index < -0.39 is 21.8 Å². The van der Waals surface area contributed by atoms with Crippen molar-refractivity contribution in [1.82, 2.24) is 4.31 Å². The first-order chi connectivity index (χ1) is 13.3. The molecule has 0 spiro atoms. The fourth-order valence-electron chi connectivity index (χ4n) is 2.88. The van der Waals surface area contributed by atoms with Crippen molar-refractivity contribution in [2.75, 3.05) is 18.4 Å². The molecule has 0 atom stereocenters. The van der Waals surface area contributed by atoms with Crippen LogP contribution < -0.4 is 11.1 Å². The number of rotatable bonds is 5. The van der Waals surface area contributed by atoms with Gasteiger partial charge in [-0.15, -0.1) is 11.3 Å². The van der Waals surface area contributed by atoms with Gasteiger partial charge in [0.05, 0.1) is 17.2 Å². The SMILES string of the molecule is N#Cc1ccc(C(=O)Nc2sc(S(=O)(=O)N3CCCCC3)cc2C(N)=O)cc1. The number of hydrogen-bond acceptors (Lipinski definition) is 6. The number of hydrogen-bond donors (Lipinski definition) is 2. The summed E-state index contributed by atoms with van der Waals surface area (Å²) in [6, 6.07) is 9.09. The molecule has 1 aliphatic rings. The van der Waals surface area contributed by atoms with E-state index in [1.165, 1.54) is 34.6 Å². The Morgan fingerprint density at radius 3 is 2.36 bits per heavy atom. The van der Waals surface area contributed by atoms with Crippen LogP contribution in [0.25, 0.3) is 0 Å². The van der Waals surface area contributed by atoms with Crippen molar-refractivity contribution in [3.8, 4) is 6.07 Å². The van der Waals surface area contributed by atoms with Gasteiger partial charge in [0.25, 0.3) is 21.8 Å². The molecule has 0 unspecified atom stereocenters. The summed E-state index contributed by atoms with van der Waals surface area (Å²) in [7, 11) is -3.75. The average Bonchev–Trinajstić information content (AvgIpc) is 3.13. The molecular formula is C18H18N4O4S2. The molecule has 146 valence electrons. The third-order valence-corrected chi connectivity index (χ3v) is 7.79. The van der Waals surface area contributed by atoms with Gasteiger partial charge in [-0.25, -0.2) is 8.42 Å². The predicted octanol–water partition coefficient (Wildman–Crippen LogP) is 2.15. The summed E-state index contributed by atoms with van der Waals surface area (Å²) in [6.07, 6.45) is 2.56. The highest BCUT2D eigenvalue weighted by Gasteiger charge is 2.30. The zero-order chi connectivity index (χ0) is 20.3. The summed E-state index contributed by atoms with van der Waals surface area (Å²) in [5, 5.41) is 11.5. The van der Waals surface area contributed by atoms with Gasteiger partial charge in [-0.05, 0) is 43.2 Å². The summed E-state index contributed by atoms with van der Waals surface area (Å²) in [5.74, 6) is -1.36. The Balaban J connectivity index is 1.89. The van der Waals surface area contributed by atoms with Gasteiger partial charge in [0.15, 0.2) is 0 Å². The van der Waals surface area contributed by atoms with Gasteiger partial charge in [0, 0.05) is 18.7 Å². The molecule has 2 heterocycles. The molecular weight excluding hydrogens is 400 g/mol. The third-order valence-electron chi connectivity index (χ3n) is 4.39. The minimum atomic E-state index is -3.75. The Morgan fingerprint density at radius 1 is 1.14 bits per heavy atom. The monoisotopic (exact) mass is 418 g/mol. The second-order valence-corrected chi connectivity index (χ2v) is 9.50. The Morgan fingerprint density at radius 2 is 1.79 bits per heavy atom. The molecule has 2 amide bonds. The molecule has 3 rings (SSSR count). The lowest BCUT2D eigenvalue weighted by atomic mass is 10.1. The number of piperidine rings is 1. The van der Waals surface area contributed by atoms with Gasteiger partial charge in [-0.2, -0.15) is 9.57 Å². The van der Waals surface area contributed by atoms with Crippen LogP contribution in [0.2, 0.25) is 0 Å². The molecule has 1 aliphatic heterocycles. The van der Waals surface area contributed by atoms with Crippen LogP contribution in [0.5, 0.6) is 0 Å². The number of primary amides is 1. The van der Waals surface area contributed by atoms with Crippen LogP contribution in [0.3, 0.4) is 0 Å². The molecule has 8 nitrogen and oxygen atoms in total. The number of thiophene rings is 1. The summed E-state index contributed by atoms with van der Waals surface area (Å²) < 4.78 is 27.0. The number of carbonyl (C=O) groups is 2. The van der Waals surface area contributed by atoms with Gasteiger partial charge in [-0.3, -0.25) is 9.59 Å². The third kappa shape index (κ3) is 4.06. The highest BCUT2D eigenvalue weighted by atomic mass is 32.2. The fourth-order valence-corrected chi connectivity index (χ4v) is 5.91. The van der Waals surface area contributed by atoms with Crippen LogP contribution >= 0.6 is 11.3 Å². The van der Waals surface area contributed by atoms with Crippen molar-refractivity contribution < 1.29 is 18.0 Å². The maximum Gasteiger partial charge on any atom is 0.256 e. The molecule has 1 fully saturated rings. The average molecular weight is 419 g/mol. The summed E-state index contributed by atoms with van der Waals surface area (Å²) in [5.41, 5.74) is 5.99. The van der Waals surface area contributed by atoms with Crippen LogP contribution in [0.1, 0.15) is 45.5 Å². The van der Waals surface area contributed by atoms with Gasteiger partial charge in [-0.1, -0.05) is 6.42 Å². The van der Waals surface area contributed by atoms with E-state index >= 15 is 0 Å². The largest absolute Gasteiger partial charge is 0.366 e. The molecule has 3 N–H and O–H groups in total. The number of nitrogens with one attached hydrogen (secondary N) is 1. The van der Waals surface area contributed by atoms with Crippen LogP contribution in [-0.2, 0) is 10.0 Å². The Labute approximate surface area is 166 Å². The Bertz CT molecular complexity index is 1050. The fraction of sp³-hybridized carbons (Fsp3) is 0.278. The van der Waals surface area contributed by atoms with Crippen molar-refractivity contribution in [2.45, 2.75) is 23.5 Å². The predicted molar refractivity (Wildman–Crippen MR) is 105 cm³/mol. The number of nitriles is 1. The topological polar surface area (TPSA) is 133 Å². The van der Waals surface area contributed by atoms with Gasteiger partial charge >= 0.3 is 0 Å². The lowest BCUT2D eigenvalue weighted by molar-refractivity contribution is 0.100. The molecule has 0 aliphatic carbocycles. The second-order valence-electron chi connectivity index (χ2n) is 6.28. The van der Waals surface area contributed by atoms with E-state index in [1.54, 1.807) is 0 Å². The maximum atomic E-state index is 12.8. The number of nitrogens with zero attached hydrogens (tertiary/aromatic N) is 2. The quantitative estimate of drug-likeness (QED) is 0.767. The number of carbonyl (C=O) groups excluding carboxylic acids is 2. The van der Waals surface area contributed by atoms with E-state index in [2.05, 4.69) is 5.32 Å². The summed E-state index contributed by atoms with van der Waals surface area (Å²) in [4.78, 5) is 24.2. The number of sulfonamides is 1. The van der Waals surface area contributed by atoms with Crippen molar-refractivity contribution in [1.29, 1.82) is 5.26 Å². The van der Waals surface area contributed by atoms with Crippen LogP contribution in [-0.4, -0.2) is 37.6 Å². The standard InChI is InChI=1S/C18H18N4O4S2/c19-11-12-4-6-13(7-5-12)17(24)21-18-14(16(20)23)10-15(27-18)28(25,26)22-8-2-1-3-9-22/h4-7,10H,1-3,8-9H2,(H2,20,23)(H,21,24). The molecule has 0 bridgehead atoms. The maximum absolute atomic E-state index is 12.8. The Kier molecular flexibility index (Phi) is 5.79. The first-order valence-electron chi connectivity index (χ1n) is 8.58. The van der Waals surface area contributed by atoms with Gasteiger partial charge in [0.2, 0.25) is 0 Å². The summed E-state index contributed by atoms with van der Waals surface area (Å²) in [6.45, 7) is 0.859. The van der Waals surface area contributed by atoms with E-state index in [0.29, 0.717) is 18.7 Å². The first-order valence-corrected chi connectivity index (χ1v) is 10.8. The molecule has 2 aromatic rings. The van der Waals surface area contributed by atoms with E-state index in [9.17, 15) is 18.0 Å². The normalized spacial score (nSPS) is 15.0. The highest BCUT2D eigenvalue weighted by molar-refractivity contribution is 7.91. The molecule has 28 heavy (non-hydrogen) atoms. The number of nitrogens with two attached hydrogens (primary N) is 1. The first kappa shape index (κ1) is 20.0. The van der Waals surface area contributed by atoms with Crippen LogP contribution in [0.15, 0.2) is 34.5 Å². The number of amides is 2. The number of anilines is 1. The van der Waals surface area contributed by atoms with Crippen molar-refractivity contribution in [3.63, 3.8) is 0 Å². The number of benzene rings is 1.